The number of imidazole rings is 1. The molecule has 0 unspecified atom stereocenters. The molecule has 0 aliphatic rings. The third-order valence-electron chi connectivity index (χ3n) is 4.37. The molecule has 0 fully saturated rings. The molecule has 5 nitrogen and oxygen atoms in total. The van der Waals surface area contributed by atoms with Crippen LogP contribution in [0, 0.1) is 0 Å². The number of carbonyl (C=O) groups excluding carboxylic acids is 1. The van der Waals surface area contributed by atoms with Crippen LogP contribution in [0.2, 0.25) is 0 Å². The van der Waals surface area contributed by atoms with E-state index in [1.165, 1.54) is 0 Å². The van der Waals surface area contributed by atoms with E-state index in [0.717, 1.165) is 39.9 Å². The molecule has 0 aliphatic carbocycles. The first-order valence-corrected chi connectivity index (χ1v) is 10.6. The lowest BCUT2D eigenvalue weighted by molar-refractivity contribution is -0.115. The summed E-state index contributed by atoms with van der Waals surface area (Å²) < 4.78 is 2.01. The number of anilines is 3. The number of hydrogen-bond donors (Lipinski definition) is 2. The standard InChI is InChI=1S/C23H22N4OS/c28-23(13-15-29-17-21-16-27-14-5-4-8-22(27)25-21)26-20-11-9-19(10-12-20)24-18-6-2-1-3-7-18/h1-12,14,16,24H,13,15,17H2,(H,26,28). The SMILES string of the molecule is O=C(CCSCc1cn2ccccc2n1)Nc1ccc(Nc2ccccc2)cc1. The summed E-state index contributed by atoms with van der Waals surface area (Å²) in [6.07, 6.45) is 4.50. The molecule has 0 saturated heterocycles. The van der Waals surface area contributed by atoms with E-state index >= 15 is 0 Å². The van der Waals surface area contributed by atoms with Gasteiger partial charge in [-0.15, -0.1) is 0 Å². The first-order valence-electron chi connectivity index (χ1n) is 9.49. The van der Waals surface area contributed by atoms with Gasteiger partial charge in [0.2, 0.25) is 5.91 Å². The smallest absolute Gasteiger partial charge is 0.225 e. The second-order valence-electron chi connectivity index (χ2n) is 6.62. The molecule has 4 rings (SSSR count). The van der Waals surface area contributed by atoms with E-state index in [4.69, 9.17) is 0 Å². The first kappa shape index (κ1) is 19.1. The largest absolute Gasteiger partial charge is 0.356 e. The van der Waals surface area contributed by atoms with Crippen LogP contribution >= 0.6 is 11.8 Å². The highest BCUT2D eigenvalue weighted by molar-refractivity contribution is 7.98. The average molecular weight is 403 g/mol. The molecule has 1 amide bonds. The van der Waals surface area contributed by atoms with E-state index in [9.17, 15) is 4.79 Å². The second kappa shape index (κ2) is 9.30. The summed E-state index contributed by atoms with van der Waals surface area (Å²) in [5, 5.41) is 6.28. The van der Waals surface area contributed by atoms with Crippen LogP contribution in [0.15, 0.2) is 85.2 Å². The number of nitrogens with zero attached hydrogens (tertiary/aromatic N) is 2. The minimum absolute atomic E-state index is 0.0243. The Hall–Kier alpha value is -3.25. The van der Waals surface area contributed by atoms with Crippen molar-refractivity contribution in [1.82, 2.24) is 9.38 Å². The highest BCUT2D eigenvalue weighted by atomic mass is 32.2. The van der Waals surface area contributed by atoms with Crippen LogP contribution in [0.4, 0.5) is 17.1 Å². The van der Waals surface area contributed by atoms with Crippen molar-refractivity contribution in [2.75, 3.05) is 16.4 Å². The van der Waals surface area contributed by atoms with Crippen molar-refractivity contribution in [3.05, 3.63) is 90.9 Å². The van der Waals surface area contributed by atoms with Crippen LogP contribution in [-0.4, -0.2) is 21.0 Å². The monoisotopic (exact) mass is 402 g/mol. The predicted molar refractivity (Wildman–Crippen MR) is 121 cm³/mol. The molecule has 29 heavy (non-hydrogen) atoms. The molecule has 0 radical (unpaired) electrons. The zero-order chi connectivity index (χ0) is 19.9. The fourth-order valence-corrected chi connectivity index (χ4v) is 3.77. The summed E-state index contributed by atoms with van der Waals surface area (Å²) in [6.45, 7) is 0. The molecule has 2 aromatic heterocycles. The van der Waals surface area contributed by atoms with Gasteiger partial charge >= 0.3 is 0 Å². The van der Waals surface area contributed by atoms with E-state index in [1.54, 1.807) is 11.8 Å². The molecule has 0 bridgehead atoms. The van der Waals surface area contributed by atoms with E-state index in [-0.39, 0.29) is 5.91 Å². The summed E-state index contributed by atoms with van der Waals surface area (Å²) >= 11 is 1.72. The molecular formula is C23H22N4OS. The maximum Gasteiger partial charge on any atom is 0.225 e. The zero-order valence-electron chi connectivity index (χ0n) is 15.9. The summed E-state index contributed by atoms with van der Waals surface area (Å²) in [6, 6.07) is 23.7. The molecule has 0 spiro atoms. The highest BCUT2D eigenvalue weighted by Crippen LogP contribution is 2.19. The second-order valence-corrected chi connectivity index (χ2v) is 7.72. The molecule has 146 valence electrons. The fourth-order valence-electron chi connectivity index (χ4n) is 2.95. The molecule has 0 atom stereocenters. The van der Waals surface area contributed by atoms with Gasteiger partial charge in [0, 0.05) is 47.4 Å². The first-order chi connectivity index (χ1) is 14.3. The van der Waals surface area contributed by atoms with Crippen molar-refractivity contribution in [1.29, 1.82) is 0 Å². The van der Waals surface area contributed by atoms with Gasteiger partial charge in [-0.1, -0.05) is 24.3 Å². The topological polar surface area (TPSA) is 58.4 Å². The fraction of sp³-hybridized carbons (Fsp3) is 0.130. The van der Waals surface area contributed by atoms with Crippen molar-refractivity contribution < 1.29 is 4.79 Å². The van der Waals surface area contributed by atoms with Crippen molar-refractivity contribution in [2.45, 2.75) is 12.2 Å². The maximum atomic E-state index is 12.2. The number of benzene rings is 2. The number of carbonyl (C=O) groups is 1. The van der Waals surface area contributed by atoms with Gasteiger partial charge in [-0.2, -0.15) is 11.8 Å². The molecule has 2 aromatic carbocycles. The number of fused-ring (bicyclic) bond motifs is 1. The van der Waals surface area contributed by atoms with Crippen LogP contribution in [0.25, 0.3) is 5.65 Å². The number of rotatable bonds is 8. The van der Waals surface area contributed by atoms with Crippen molar-refractivity contribution >= 4 is 40.4 Å². The van der Waals surface area contributed by atoms with Gasteiger partial charge in [-0.05, 0) is 48.5 Å². The third-order valence-corrected chi connectivity index (χ3v) is 5.36. The van der Waals surface area contributed by atoms with Crippen LogP contribution in [-0.2, 0) is 10.5 Å². The average Bonchev–Trinajstić information content (AvgIpc) is 3.16. The molecule has 6 heteroatoms. The Morgan fingerprint density at radius 3 is 2.41 bits per heavy atom. The maximum absolute atomic E-state index is 12.2. The van der Waals surface area contributed by atoms with Gasteiger partial charge in [0.15, 0.2) is 0 Å². The Bertz CT molecular complexity index is 1040. The number of para-hydroxylation sites is 1. The zero-order valence-corrected chi connectivity index (χ0v) is 16.7. The number of amides is 1. The Morgan fingerprint density at radius 1 is 0.897 bits per heavy atom. The number of hydrogen-bond acceptors (Lipinski definition) is 4. The Balaban J connectivity index is 1.20. The molecular weight excluding hydrogens is 380 g/mol. The minimum atomic E-state index is 0.0243. The number of thioether (sulfide) groups is 1. The summed E-state index contributed by atoms with van der Waals surface area (Å²) in [5.74, 6) is 1.58. The van der Waals surface area contributed by atoms with Gasteiger partial charge in [-0.3, -0.25) is 4.79 Å². The van der Waals surface area contributed by atoms with E-state index in [0.29, 0.717) is 6.42 Å². The van der Waals surface area contributed by atoms with Crippen LogP contribution < -0.4 is 10.6 Å². The molecule has 0 aliphatic heterocycles. The van der Waals surface area contributed by atoms with Gasteiger partial charge in [0.1, 0.15) is 5.65 Å². The normalized spacial score (nSPS) is 10.8. The van der Waals surface area contributed by atoms with Crippen molar-refractivity contribution in [3.63, 3.8) is 0 Å². The van der Waals surface area contributed by atoms with E-state index in [2.05, 4.69) is 15.6 Å². The number of aromatic nitrogens is 2. The van der Waals surface area contributed by atoms with Gasteiger partial charge in [0.05, 0.1) is 5.69 Å². The van der Waals surface area contributed by atoms with E-state index < -0.39 is 0 Å². The minimum Gasteiger partial charge on any atom is -0.356 e. The molecule has 2 heterocycles. The summed E-state index contributed by atoms with van der Waals surface area (Å²) in [5.41, 5.74) is 4.80. The Labute approximate surface area is 174 Å². The van der Waals surface area contributed by atoms with Crippen LogP contribution in [0.1, 0.15) is 12.1 Å². The number of pyridine rings is 1. The van der Waals surface area contributed by atoms with Gasteiger partial charge in [0.25, 0.3) is 0 Å². The lowest BCUT2D eigenvalue weighted by Gasteiger charge is -2.08. The molecule has 4 aromatic rings. The Morgan fingerprint density at radius 2 is 1.62 bits per heavy atom. The van der Waals surface area contributed by atoms with Crippen molar-refractivity contribution in [3.8, 4) is 0 Å². The van der Waals surface area contributed by atoms with Crippen molar-refractivity contribution in [2.24, 2.45) is 0 Å². The quantitative estimate of drug-likeness (QED) is 0.391. The highest BCUT2D eigenvalue weighted by Gasteiger charge is 2.05. The molecule has 0 saturated carbocycles. The lowest BCUT2D eigenvalue weighted by Crippen LogP contribution is -2.12. The summed E-state index contributed by atoms with van der Waals surface area (Å²) in [7, 11) is 0. The van der Waals surface area contributed by atoms with Crippen LogP contribution in [0.3, 0.4) is 0 Å². The van der Waals surface area contributed by atoms with Gasteiger partial charge in [-0.25, -0.2) is 4.98 Å². The lowest BCUT2D eigenvalue weighted by atomic mass is 10.2. The molecule has 2 N–H and O–H groups in total. The van der Waals surface area contributed by atoms with Crippen LogP contribution in [0.5, 0.6) is 0 Å². The van der Waals surface area contributed by atoms with Gasteiger partial charge < -0.3 is 15.0 Å². The summed E-state index contributed by atoms with van der Waals surface area (Å²) in [4.78, 5) is 16.8. The number of nitrogens with one attached hydrogen (secondary N) is 2. The predicted octanol–water partition coefficient (Wildman–Crippen LogP) is 5.34. The third kappa shape index (κ3) is 5.39. The Kier molecular flexibility index (Phi) is 6.12. The van der Waals surface area contributed by atoms with E-state index in [1.807, 2.05) is 89.6 Å².